The minimum atomic E-state index is -4.43. The van der Waals surface area contributed by atoms with Crippen LogP contribution in [0.4, 0.5) is 13.2 Å². The first-order valence-corrected chi connectivity index (χ1v) is 5.92. The van der Waals surface area contributed by atoms with Crippen LogP contribution in [-0.2, 0) is 0 Å². The van der Waals surface area contributed by atoms with Crippen LogP contribution in [0, 0.1) is 11.3 Å². The molecular weight excluding hydrogens is 285 g/mol. The first-order chi connectivity index (χ1) is 8.64. The van der Waals surface area contributed by atoms with Crippen molar-refractivity contribution in [3.05, 3.63) is 0 Å². The van der Waals surface area contributed by atoms with Crippen molar-refractivity contribution in [2.45, 2.75) is 24.4 Å². The minimum Gasteiger partial charge on any atom is -0.370 e. The van der Waals surface area contributed by atoms with Gasteiger partial charge in [0.25, 0.3) is 0 Å². The predicted molar refractivity (Wildman–Crippen MR) is 69.0 cm³/mol. The number of rotatable bonds is 7. The summed E-state index contributed by atoms with van der Waals surface area (Å²) in [5.41, 5.74) is 15.1. The fraction of sp³-hybridized carbons (Fsp3) is 0.778. The van der Waals surface area contributed by atoms with E-state index in [1.807, 2.05) is 0 Å². The highest BCUT2D eigenvalue weighted by atomic mass is 35.5. The van der Waals surface area contributed by atoms with Crippen LogP contribution in [0.15, 0.2) is 4.99 Å². The topological polar surface area (TPSA) is 126 Å². The van der Waals surface area contributed by atoms with Crippen LogP contribution >= 0.6 is 11.6 Å². The fourth-order valence-electron chi connectivity index (χ4n) is 1.43. The third-order valence-corrected chi connectivity index (χ3v) is 2.85. The molecule has 19 heavy (non-hydrogen) atoms. The lowest BCUT2D eigenvalue weighted by atomic mass is 9.98. The van der Waals surface area contributed by atoms with E-state index in [9.17, 15) is 13.2 Å². The van der Waals surface area contributed by atoms with E-state index in [0.29, 0.717) is 0 Å². The SMILES string of the molecule is N=C(N)NCCC(C(Cl)CCN=C(N)N)C(F)(F)F. The molecule has 0 radical (unpaired) electrons. The Bertz CT molecular complexity index is 316. The highest BCUT2D eigenvalue weighted by Crippen LogP contribution is 2.35. The Labute approximate surface area is 114 Å². The number of alkyl halides is 4. The van der Waals surface area contributed by atoms with Crippen molar-refractivity contribution in [3.63, 3.8) is 0 Å². The van der Waals surface area contributed by atoms with Gasteiger partial charge in [0.2, 0.25) is 0 Å². The zero-order valence-electron chi connectivity index (χ0n) is 10.2. The van der Waals surface area contributed by atoms with Crippen molar-refractivity contribution in [2.75, 3.05) is 13.1 Å². The normalized spacial score (nSPS) is 14.5. The molecule has 0 aliphatic heterocycles. The largest absolute Gasteiger partial charge is 0.393 e. The summed E-state index contributed by atoms with van der Waals surface area (Å²) < 4.78 is 38.4. The van der Waals surface area contributed by atoms with Crippen LogP contribution in [0.1, 0.15) is 12.8 Å². The van der Waals surface area contributed by atoms with Gasteiger partial charge >= 0.3 is 6.18 Å². The van der Waals surface area contributed by atoms with Gasteiger partial charge in [0, 0.05) is 18.5 Å². The molecule has 0 bridgehead atoms. The van der Waals surface area contributed by atoms with Gasteiger partial charge in [-0.05, 0) is 12.8 Å². The summed E-state index contributed by atoms with van der Waals surface area (Å²) in [6, 6.07) is 0. The van der Waals surface area contributed by atoms with Gasteiger partial charge in [0.1, 0.15) is 0 Å². The third-order valence-electron chi connectivity index (χ3n) is 2.33. The van der Waals surface area contributed by atoms with Crippen LogP contribution in [0.3, 0.4) is 0 Å². The first kappa shape index (κ1) is 17.6. The van der Waals surface area contributed by atoms with E-state index in [-0.39, 0.29) is 37.9 Å². The Kier molecular flexibility index (Phi) is 7.35. The Morgan fingerprint density at radius 1 is 1.26 bits per heavy atom. The molecular formula is C9H18ClF3N6. The smallest absolute Gasteiger partial charge is 0.370 e. The van der Waals surface area contributed by atoms with Gasteiger partial charge in [0.15, 0.2) is 11.9 Å². The third kappa shape index (κ3) is 8.36. The highest BCUT2D eigenvalue weighted by molar-refractivity contribution is 6.20. The molecule has 8 N–H and O–H groups in total. The molecule has 0 aromatic heterocycles. The maximum Gasteiger partial charge on any atom is 0.393 e. The standard InChI is InChI=1S/C9H18ClF3N6/c10-6(2-4-19-8(16)17)5(9(11,12)13)1-3-18-7(14)15/h5-6H,1-4H2,(H4,14,15,18)(H4,16,17,19). The molecule has 0 heterocycles. The number of hydrogen-bond donors (Lipinski definition) is 5. The maximum absolute atomic E-state index is 12.8. The van der Waals surface area contributed by atoms with Gasteiger partial charge < -0.3 is 22.5 Å². The Morgan fingerprint density at radius 3 is 2.26 bits per heavy atom. The molecule has 0 amide bonds. The van der Waals surface area contributed by atoms with Crippen molar-refractivity contribution in [3.8, 4) is 0 Å². The molecule has 112 valence electrons. The van der Waals surface area contributed by atoms with Crippen molar-refractivity contribution >= 4 is 23.5 Å². The van der Waals surface area contributed by atoms with Crippen LogP contribution in [0.5, 0.6) is 0 Å². The lowest BCUT2D eigenvalue weighted by molar-refractivity contribution is -0.176. The number of aliphatic imine (C=N–C) groups is 1. The molecule has 10 heteroatoms. The van der Waals surface area contributed by atoms with Gasteiger partial charge in [-0.25, -0.2) is 0 Å². The molecule has 0 spiro atoms. The van der Waals surface area contributed by atoms with Crippen molar-refractivity contribution < 1.29 is 13.2 Å². The number of hydrogen-bond acceptors (Lipinski definition) is 2. The summed E-state index contributed by atoms with van der Waals surface area (Å²) in [4.78, 5) is 3.59. The molecule has 2 unspecified atom stereocenters. The molecule has 0 fully saturated rings. The van der Waals surface area contributed by atoms with E-state index < -0.39 is 17.5 Å². The van der Waals surface area contributed by atoms with E-state index in [2.05, 4.69) is 10.3 Å². The van der Waals surface area contributed by atoms with Crippen LogP contribution in [0.25, 0.3) is 0 Å². The molecule has 6 nitrogen and oxygen atoms in total. The summed E-state index contributed by atoms with van der Waals surface area (Å²) >= 11 is 5.75. The van der Waals surface area contributed by atoms with Gasteiger partial charge in [-0.2, -0.15) is 13.2 Å². The molecule has 2 atom stereocenters. The van der Waals surface area contributed by atoms with Crippen LogP contribution < -0.4 is 22.5 Å². The molecule has 0 aromatic carbocycles. The Morgan fingerprint density at radius 2 is 1.84 bits per heavy atom. The number of nitrogens with two attached hydrogens (primary N) is 3. The van der Waals surface area contributed by atoms with E-state index in [1.54, 1.807) is 0 Å². The zero-order valence-corrected chi connectivity index (χ0v) is 10.9. The second-order valence-electron chi connectivity index (χ2n) is 3.89. The molecule has 0 rings (SSSR count). The minimum absolute atomic E-state index is 0.00367. The van der Waals surface area contributed by atoms with E-state index in [1.165, 1.54) is 0 Å². The lowest BCUT2D eigenvalue weighted by Crippen LogP contribution is -2.37. The Hall–Kier alpha value is -1.38. The van der Waals surface area contributed by atoms with Crippen molar-refractivity contribution in [1.29, 1.82) is 5.41 Å². The summed E-state index contributed by atoms with van der Waals surface area (Å²) in [5, 5.41) is 8.04. The molecule has 0 aromatic rings. The number of guanidine groups is 2. The second kappa shape index (κ2) is 7.93. The van der Waals surface area contributed by atoms with Gasteiger partial charge in [-0.15, -0.1) is 11.6 Å². The average molecular weight is 303 g/mol. The number of nitrogens with zero attached hydrogens (tertiary/aromatic N) is 1. The van der Waals surface area contributed by atoms with Gasteiger partial charge in [0.05, 0.1) is 5.92 Å². The summed E-state index contributed by atoms with van der Waals surface area (Å²) in [5.74, 6) is -2.28. The number of nitrogens with one attached hydrogen (secondary N) is 2. The quantitative estimate of drug-likeness (QED) is 0.263. The lowest BCUT2D eigenvalue weighted by Gasteiger charge is -2.24. The Balaban J connectivity index is 4.40. The van der Waals surface area contributed by atoms with Gasteiger partial charge in [-0.3, -0.25) is 10.4 Å². The molecule has 0 aliphatic rings. The average Bonchev–Trinajstić information content (AvgIpc) is 2.21. The van der Waals surface area contributed by atoms with E-state index >= 15 is 0 Å². The molecule has 0 saturated heterocycles. The zero-order chi connectivity index (χ0) is 15.1. The fourth-order valence-corrected chi connectivity index (χ4v) is 1.80. The van der Waals surface area contributed by atoms with Crippen molar-refractivity contribution in [2.24, 2.45) is 28.1 Å². The summed E-state index contributed by atoms with van der Waals surface area (Å²) in [6.07, 6.45) is -4.70. The summed E-state index contributed by atoms with van der Waals surface area (Å²) in [6.45, 7) is -0.0474. The van der Waals surface area contributed by atoms with E-state index in [0.717, 1.165) is 0 Å². The highest BCUT2D eigenvalue weighted by Gasteiger charge is 2.43. The molecule has 0 saturated carbocycles. The van der Waals surface area contributed by atoms with Crippen molar-refractivity contribution in [1.82, 2.24) is 5.32 Å². The predicted octanol–water partition coefficient (Wildman–Crippen LogP) is 0.309. The van der Waals surface area contributed by atoms with Crippen LogP contribution in [0.2, 0.25) is 0 Å². The van der Waals surface area contributed by atoms with E-state index in [4.69, 9.17) is 34.2 Å². The molecule has 0 aliphatic carbocycles. The summed E-state index contributed by atoms with van der Waals surface area (Å²) in [7, 11) is 0. The van der Waals surface area contributed by atoms with Gasteiger partial charge in [-0.1, -0.05) is 0 Å². The monoisotopic (exact) mass is 302 g/mol. The first-order valence-electron chi connectivity index (χ1n) is 5.48. The second-order valence-corrected chi connectivity index (χ2v) is 4.45. The maximum atomic E-state index is 12.8. The van der Waals surface area contributed by atoms with Crippen LogP contribution in [-0.4, -0.2) is 36.6 Å². The number of halogens is 4.